The molecule has 0 radical (unpaired) electrons. The summed E-state index contributed by atoms with van der Waals surface area (Å²) in [6.07, 6.45) is 1.07. The Morgan fingerprint density at radius 2 is 2.00 bits per heavy atom. The number of anilines is 1. The van der Waals surface area contributed by atoms with Crippen molar-refractivity contribution in [1.82, 2.24) is 0 Å². The highest BCUT2D eigenvalue weighted by atomic mass is 32.1. The Morgan fingerprint density at radius 3 is 3.00 bits per heavy atom. The molecule has 14 heavy (non-hydrogen) atoms. The first-order valence-electron chi connectivity index (χ1n) is 4.80. The number of fused-ring (bicyclic) bond motifs is 2. The van der Waals surface area contributed by atoms with Crippen molar-refractivity contribution in [3.8, 4) is 0 Å². The molecule has 3 rings (SSSR count). The molecule has 0 aliphatic carbocycles. The molecule has 0 bridgehead atoms. The van der Waals surface area contributed by atoms with Gasteiger partial charge >= 0.3 is 0 Å². The van der Waals surface area contributed by atoms with E-state index in [0.29, 0.717) is 0 Å². The van der Waals surface area contributed by atoms with Crippen LogP contribution in [0.4, 0.5) is 5.69 Å². The van der Waals surface area contributed by atoms with Gasteiger partial charge in [0.25, 0.3) is 0 Å². The minimum absolute atomic E-state index is 0.976. The van der Waals surface area contributed by atoms with E-state index in [1.807, 2.05) is 11.3 Å². The highest BCUT2D eigenvalue weighted by Crippen LogP contribution is 2.28. The van der Waals surface area contributed by atoms with Crippen molar-refractivity contribution in [3.05, 3.63) is 51.7 Å². The normalized spacial score (nSPS) is 13.7. The van der Waals surface area contributed by atoms with Gasteiger partial charge in [0.1, 0.15) is 0 Å². The van der Waals surface area contributed by atoms with E-state index in [1.165, 1.54) is 21.7 Å². The van der Waals surface area contributed by atoms with E-state index < -0.39 is 0 Å². The third-order valence-corrected chi connectivity index (χ3v) is 3.64. The summed E-state index contributed by atoms with van der Waals surface area (Å²) in [5, 5.41) is 5.66. The highest BCUT2D eigenvalue weighted by molar-refractivity contribution is 7.10. The van der Waals surface area contributed by atoms with Crippen molar-refractivity contribution in [2.75, 3.05) is 5.32 Å². The molecule has 1 aromatic heterocycles. The Balaban J connectivity index is 2.10. The third kappa shape index (κ3) is 1.23. The van der Waals surface area contributed by atoms with E-state index in [9.17, 15) is 0 Å². The number of benzene rings is 1. The molecule has 0 saturated heterocycles. The number of nitrogens with one attached hydrogen (secondary N) is 1. The van der Waals surface area contributed by atoms with Gasteiger partial charge < -0.3 is 5.32 Å². The van der Waals surface area contributed by atoms with Gasteiger partial charge in [0.15, 0.2) is 0 Å². The Morgan fingerprint density at radius 1 is 1.07 bits per heavy atom. The minimum Gasteiger partial charge on any atom is -0.380 e. The Labute approximate surface area is 87.4 Å². The average Bonchev–Trinajstić information content (AvgIpc) is 2.58. The van der Waals surface area contributed by atoms with Crippen molar-refractivity contribution in [1.29, 1.82) is 0 Å². The van der Waals surface area contributed by atoms with Crippen LogP contribution >= 0.6 is 11.3 Å². The van der Waals surface area contributed by atoms with Gasteiger partial charge in [0.2, 0.25) is 0 Å². The van der Waals surface area contributed by atoms with E-state index in [4.69, 9.17) is 0 Å². The summed E-state index contributed by atoms with van der Waals surface area (Å²) in [5.74, 6) is 0. The second-order valence-electron chi connectivity index (χ2n) is 3.56. The molecule has 1 aliphatic rings. The van der Waals surface area contributed by atoms with Gasteiger partial charge in [-0.2, -0.15) is 0 Å². The van der Waals surface area contributed by atoms with Gasteiger partial charge in [-0.15, -0.1) is 11.3 Å². The van der Waals surface area contributed by atoms with Gasteiger partial charge in [-0.25, -0.2) is 0 Å². The minimum atomic E-state index is 0.976. The molecule has 70 valence electrons. The summed E-state index contributed by atoms with van der Waals surface area (Å²) in [6.45, 7) is 0.976. The van der Waals surface area contributed by atoms with Gasteiger partial charge in [-0.1, -0.05) is 18.2 Å². The number of thiophene rings is 1. The van der Waals surface area contributed by atoms with Crippen LogP contribution in [0.1, 0.15) is 16.0 Å². The first kappa shape index (κ1) is 8.06. The molecule has 0 spiro atoms. The molecular weight excluding hydrogens is 190 g/mol. The molecule has 1 nitrogen and oxygen atoms in total. The fraction of sp³-hybridized carbons (Fsp3) is 0.167. The van der Waals surface area contributed by atoms with Crippen LogP contribution in [0.3, 0.4) is 0 Å². The quantitative estimate of drug-likeness (QED) is 0.690. The van der Waals surface area contributed by atoms with Gasteiger partial charge in [-0.05, 0) is 28.6 Å². The second kappa shape index (κ2) is 3.14. The molecule has 2 heteroatoms. The largest absolute Gasteiger partial charge is 0.380 e. The molecule has 0 amide bonds. The van der Waals surface area contributed by atoms with Crippen LogP contribution in [0.15, 0.2) is 35.7 Å². The monoisotopic (exact) mass is 201 g/mol. The molecule has 0 fully saturated rings. The van der Waals surface area contributed by atoms with Crippen LogP contribution < -0.4 is 5.32 Å². The lowest BCUT2D eigenvalue weighted by molar-refractivity contribution is 1.18. The summed E-state index contributed by atoms with van der Waals surface area (Å²) in [5.41, 5.74) is 4.17. The first-order chi connectivity index (χ1) is 6.93. The second-order valence-corrected chi connectivity index (χ2v) is 4.56. The van der Waals surface area contributed by atoms with Crippen LogP contribution in [-0.4, -0.2) is 0 Å². The molecule has 2 heterocycles. The lowest BCUT2D eigenvalue weighted by Crippen LogP contribution is -1.96. The molecular formula is C12H11NS. The standard InChI is InChI=1S/C12H11NS/c1-2-4-11-9(3-1)7-10-5-6-14-12(10)8-13-11/h1-6,13H,7-8H2. The molecule has 1 aliphatic heterocycles. The Bertz CT molecular complexity index is 459. The SMILES string of the molecule is c1ccc2c(c1)Cc1ccsc1CN2. The lowest BCUT2D eigenvalue weighted by atomic mass is 10.1. The van der Waals surface area contributed by atoms with Crippen LogP contribution in [0.2, 0.25) is 0 Å². The van der Waals surface area contributed by atoms with Gasteiger partial charge in [0, 0.05) is 23.5 Å². The molecule has 1 N–H and O–H groups in total. The topological polar surface area (TPSA) is 12.0 Å². The zero-order valence-electron chi connectivity index (χ0n) is 7.79. The summed E-state index contributed by atoms with van der Waals surface area (Å²) >= 11 is 1.85. The third-order valence-electron chi connectivity index (χ3n) is 2.68. The predicted octanol–water partition coefficient (Wildman–Crippen LogP) is 3.26. The molecule has 0 unspecified atom stereocenters. The van der Waals surface area contributed by atoms with E-state index in [1.54, 1.807) is 0 Å². The number of hydrogen-bond acceptors (Lipinski definition) is 2. The van der Waals surface area contributed by atoms with Crippen molar-refractivity contribution in [2.24, 2.45) is 0 Å². The summed E-state index contributed by atoms with van der Waals surface area (Å²) < 4.78 is 0. The molecule has 0 saturated carbocycles. The van der Waals surface area contributed by atoms with Crippen LogP contribution in [0.5, 0.6) is 0 Å². The fourth-order valence-corrected chi connectivity index (χ4v) is 2.75. The van der Waals surface area contributed by atoms with Crippen molar-refractivity contribution >= 4 is 17.0 Å². The van der Waals surface area contributed by atoms with E-state index in [0.717, 1.165) is 13.0 Å². The molecule has 0 atom stereocenters. The van der Waals surface area contributed by atoms with Gasteiger partial charge in [-0.3, -0.25) is 0 Å². The Kier molecular flexibility index (Phi) is 1.81. The Hall–Kier alpha value is -1.28. The summed E-state index contributed by atoms with van der Waals surface area (Å²) in [7, 11) is 0. The number of rotatable bonds is 0. The maximum Gasteiger partial charge on any atom is 0.0497 e. The first-order valence-corrected chi connectivity index (χ1v) is 5.68. The smallest absolute Gasteiger partial charge is 0.0497 e. The average molecular weight is 201 g/mol. The lowest BCUT2D eigenvalue weighted by Gasteiger charge is -2.05. The van der Waals surface area contributed by atoms with E-state index in [2.05, 4.69) is 41.0 Å². The molecule has 1 aromatic carbocycles. The van der Waals surface area contributed by atoms with Crippen LogP contribution in [0.25, 0.3) is 0 Å². The van der Waals surface area contributed by atoms with Crippen LogP contribution in [-0.2, 0) is 13.0 Å². The predicted molar refractivity (Wildman–Crippen MR) is 60.9 cm³/mol. The van der Waals surface area contributed by atoms with E-state index in [-0.39, 0.29) is 0 Å². The number of para-hydroxylation sites is 1. The highest BCUT2D eigenvalue weighted by Gasteiger charge is 2.12. The number of hydrogen-bond donors (Lipinski definition) is 1. The summed E-state index contributed by atoms with van der Waals surface area (Å²) in [6, 6.07) is 10.8. The van der Waals surface area contributed by atoms with Crippen molar-refractivity contribution < 1.29 is 0 Å². The van der Waals surface area contributed by atoms with Crippen molar-refractivity contribution in [2.45, 2.75) is 13.0 Å². The van der Waals surface area contributed by atoms with Crippen LogP contribution in [0, 0.1) is 0 Å². The zero-order valence-corrected chi connectivity index (χ0v) is 8.60. The zero-order chi connectivity index (χ0) is 9.38. The van der Waals surface area contributed by atoms with Gasteiger partial charge in [0.05, 0.1) is 0 Å². The maximum atomic E-state index is 3.48. The summed E-state index contributed by atoms with van der Waals surface area (Å²) in [4.78, 5) is 1.47. The van der Waals surface area contributed by atoms with E-state index >= 15 is 0 Å². The molecule has 2 aromatic rings. The van der Waals surface area contributed by atoms with Crippen molar-refractivity contribution in [3.63, 3.8) is 0 Å². The maximum absolute atomic E-state index is 3.48. The fourth-order valence-electron chi connectivity index (χ4n) is 1.91.